The molecule has 1 N–H and O–H groups in total. The number of halogens is 1. The quantitative estimate of drug-likeness (QED) is 0.666. The highest BCUT2D eigenvalue weighted by Gasteiger charge is 2.19. The number of esters is 2. The number of ether oxygens (including phenoxy) is 2. The molecule has 0 saturated carbocycles. The van der Waals surface area contributed by atoms with E-state index in [1.165, 1.54) is 18.2 Å². The average molecular weight is 275 g/mol. The lowest BCUT2D eigenvalue weighted by atomic mass is 10.2. The fraction of sp³-hybridized carbons (Fsp3) is 0.182. The van der Waals surface area contributed by atoms with E-state index >= 15 is 0 Å². The van der Waals surface area contributed by atoms with Crippen molar-refractivity contribution in [2.24, 2.45) is 0 Å². The molecule has 0 unspecified atom stereocenters. The highest BCUT2D eigenvalue weighted by molar-refractivity contribution is 5.93. The lowest BCUT2D eigenvalue weighted by molar-refractivity contribution is -0.134. The molecule has 0 aliphatic heterocycles. The van der Waals surface area contributed by atoms with Crippen molar-refractivity contribution >= 4 is 30.3 Å². The van der Waals surface area contributed by atoms with Crippen molar-refractivity contribution in [1.82, 2.24) is 0 Å². The van der Waals surface area contributed by atoms with Gasteiger partial charge < -0.3 is 14.6 Å². The third-order valence-corrected chi connectivity index (χ3v) is 1.71. The minimum atomic E-state index is -1.28. The maximum absolute atomic E-state index is 10.9. The van der Waals surface area contributed by atoms with E-state index in [2.05, 4.69) is 0 Å². The maximum atomic E-state index is 10.9. The molecule has 1 aromatic rings. The molecule has 0 bridgehead atoms. The molecule has 0 amide bonds. The van der Waals surface area contributed by atoms with Crippen LogP contribution in [0.1, 0.15) is 24.2 Å². The number of aromatic carboxylic acids is 1. The number of carbonyl (C=O) groups is 3. The van der Waals surface area contributed by atoms with Crippen molar-refractivity contribution in [3.05, 3.63) is 23.8 Å². The van der Waals surface area contributed by atoms with Gasteiger partial charge in [0, 0.05) is 13.8 Å². The van der Waals surface area contributed by atoms with E-state index in [1.807, 2.05) is 0 Å². The van der Waals surface area contributed by atoms with Gasteiger partial charge in [0.15, 0.2) is 11.5 Å². The van der Waals surface area contributed by atoms with Gasteiger partial charge in [0.1, 0.15) is 5.56 Å². The zero-order chi connectivity index (χ0) is 13.0. The highest BCUT2D eigenvalue weighted by Crippen LogP contribution is 2.31. The molecule has 6 nitrogen and oxygen atoms in total. The van der Waals surface area contributed by atoms with E-state index in [4.69, 9.17) is 14.6 Å². The Hall–Kier alpha value is -2.08. The Bertz CT molecular complexity index is 482. The van der Waals surface area contributed by atoms with Crippen LogP contribution in [0.5, 0.6) is 11.5 Å². The van der Waals surface area contributed by atoms with Gasteiger partial charge in [-0.3, -0.25) is 9.59 Å². The largest absolute Gasteiger partial charge is 0.478 e. The normalized spacial score (nSPS) is 9.00. The van der Waals surface area contributed by atoms with Gasteiger partial charge in [0.25, 0.3) is 0 Å². The molecule has 0 aliphatic carbocycles. The molecule has 0 radical (unpaired) electrons. The summed E-state index contributed by atoms with van der Waals surface area (Å²) in [5.41, 5.74) is -0.251. The molecular weight excluding hydrogens is 264 g/mol. The van der Waals surface area contributed by atoms with E-state index in [0.717, 1.165) is 13.8 Å². The van der Waals surface area contributed by atoms with Crippen molar-refractivity contribution < 1.29 is 29.0 Å². The monoisotopic (exact) mass is 274 g/mol. The average Bonchev–Trinajstić information content (AvgIpc) is 2.18. The van der Waals surface area contributed by atoms with E-state index in [1.54, 1.807) is 0 Å². The summed E-state index contributed by atoms with van der Waals surface area (Å²) in [6.45, 7) is 2.28. The van der Waals surface area contributed by atoms with Crippen molar-refractivity contribution in [3.8, 4) is 11.5 Å². The molecule has 0 atom stereocenters. The summed E-state index contributed by atoms with van der Waals surface area (Å²) < 4.78 is 9.50. The molecule has 0 aliphatic rings. The zero-order valence-corrected chi connectivity index (χ0v) is 10.4. The van der Waals surface area contributed by atoms with E-state index in [9.17, 15) is 14.4 Å². The van der Waals surface area contributed by atoms with Crippen molar-refractivity contribution in [2.75, 3.05) is 0 Å². The topological polar surface area (TPSA) is 89.9 Å². The molecule has 1 aromatic carbocycles. The van der Waals surface area contributed by atoms with E-state index in [-0.39, 0.29) is 29.5 Å². The first kappa shape index (κ1) is 15.9. The van der Waals surface area contributed by atoms with Crippen molar-refractivity contribution in [1.29, 1.82) is 0 Å². The molecular formula is C11H11ClO6. The summed E-state index contributed by atoms with van der Waals surface area (Å²) in [7, 11) is 0. The number of carbonyl (C=O) groups excluding carboxylic acids is 2. The van der Waals surface area contributed by atoms with Gasteiger partial charge in [-0.1, -0.05) is 6.07 Å². The van der Waals surface area contributed by atoms with E-state index in [0.29, 0.717) is 0 Å². The van der Waals surface area contributed by atoms with Crippen LogP contribution < -0.4 is 9.47 Å². The van der Waals surface area contributed by atoms with Gasteiger partial charge in [-0.2, -0.15) is 0 Å². The first-order valence-corrected chi connectivity index (χ1v) is 4.65. The first-order valence-electron chi connectivity index (χ1n) is 4.65. The van der Waals surface area contributed by atoms with Gasteiger partial charge in [-0.15, -0.1) is 12.4 Å². The number of carboxylic acids is 1. The molecule has 1 rings (SSSR count). The van der Waals surface area contributed by atoms with Crippen LogP contribution in [-0.2, 0) is 9.59 Å². The summed E-state index contributed by atoms with van der Waals surface area (Å²) in [6, 6.07) is 3.97. The number of hydrogen-bond donors (Lipinski definition) is 1. The third kappa shape index (κ3) is 4.06. The van der Waals surface area contributed by atoms with Gasteiger partial charge in [-0.05, 0) is 12.1 Å². The van der Waals surface area contributed by atoms with Crippen LogP contribution in [0.2, 0.25) is 0 Å². The number of carboxylic acid groups (broad SMARTS) is 1. The zero-order valence-electron chi connectivity index (χ0n) is 9.63. The molecule has 18 heavy (non-hydrogen) atoms. The summed E-state index contributed by atoms with van der Waals surface area (Å²) in [6.07, 6.45) is 0. The van der Waals surface area contributed by atoms with Crippen LogP contribution >= 0.6 is 12.4 Å². The standard InChI is InChI=1S/C11H10O6.ClH/c1-6(12)16-9-5-3-4-8(11(14)15)10(9)17-7(2)13;/h3-5H,1-2H3,(H,14,15);1H. The first-order chi connectivity index (χ1) is 7.91. The number of hydrogen-bond acceptors (Lipinski definition) is 5. The van der Waals surface area contributed by atoms with Crippen LogP contribution in [-0.4, -0.2) is 23.0 Å². The molecule has 0 aromatic heterocycles. The molecule has 0 heterocycles. The Labute approximate surface area is 109 Å². The Morgan fingerprint density at radius 2 is 1.61 bits per heavy atom. The van der Waals surface area contributed by atoms with Crippen LogP contribution in [0, 0.1) is 0 Å². The number of benzene rings is 1. The predicted molar refractivity (Wildman–Crippen MR) is 63.3 cm³/mol. The Balaban J connectivity index is 0.00000289. The fourth-order valence-corrected chi connectivity index (χ4v) is 1.17. The smallest absolute Gasteiger partial charge is 0.339 e. The summed E-state index contributed by atoms with van der Waals surface area (Å²) in [5, 5.41) is 8.91. The lowest BCUT2D eigenvalue weighted by Gasteiger charge is -2.10. The molecule has 7 heteroatoms. The number of rotatable bonds is 3. The SMILES string of the molecule is CC(=O)Oc1cccc(C(=O)O)c1OC(C)=O.Cl. The van der Waals surface area contributed by atoms with Gasteiger partial charge in [-0.25, -0.2) is 4.79 Å². The van der Waals surface area contributed by atoms with Crippen LogP contribution in [0.4, 0.5) is 0 Å². The molecule has 0 spiro atoms. The van der Waals surface area contributed by atoms with Gasteiger partial charge in [0.2, 0.25) is 0 Å². The second-order valence-corrected chi connectivity index (χ2v) is 3.13. The van der Waals surface area contributed by atoms with Crippen LogP contribution in [0.15, 0.2) is 18.2 Å². The summed E-state index contributed by atoms with van der Waals surface area (Å²) in [4.78, 5) is 32.6. The summed E-state index contributed by atoms with van der Waals surface area (Å²) in [5.74, 6) is -3.00. The Morgan fingerprint density at radius 3 is 2.06 bits per heavy atom. The molecule has 0 saturated heterocycles. The van der Waals surface area contributed by atoms with Crippen molar-refractivity contribution in [3.63, 3.8) is 0 Å². The Morgan fingerprint density at radius 1 is 1.06 bits per heavy atom. The molecule has 0 fully saturated rings. The van der Waals surface area contributed by atoms with Gasteiger partial charge >= 0.3 is 17.9 Å². The molecule has 98 valence electrons. The maximum Gasteiger partial charge on any atom is 0.339 e. The Kier molecular flexibility index (Phi) is 5.84. The predicted octanol–water partition coefficient (Wildman–Crippen LogP) is 1.66. The summed E-state index contributed by atoms with van der Waals surface area (Å²) >= 11 is 0. The fourth-order valence-electron chi connectivity index (χ4n) is 1.17. The number of para-hydroxylation sites is 1. The third-order valence-electron chi connectivity index (χ3n) is 1.71. The van der Waals surface area contributed by atoms with Crippen molar-refractivity contribution in [2.45, 2.75) is 13.8 Å². The van der Waals surface area contributed by atoms with E-state index < -0.39 is 17.9 Å². The van der Waals surface area contributed by atoms with Gasteiger partial charge in [0.05, 0.1) is 0 Å². The van der Waals surface area contributed by atoms with Crippen LogP contribution in [0.3, 0.4) is 0 Å². The minimum Gasteiger partial charge on any atom is -0.478 e. The van der Waals surface area contributed by atoms with Crippen LogP contribution in [0.25, 0.3) is 0 Å². The second-order valence-electron chi connectivity index (χ2n) is 3.13. The minimum absolute atomic E-state index is 0. The second kappa shape index (κ2) is 6.61. The highest BCUT2D eigenvalue weighted by atomic mass is 35.5. The lowest BCUT2D eigenvalue weighted by Crippen LogP contribution is -2.11.